The van der Waals surface area contributed by atoms with E-state index < -0.39 is 20.0 Å². The summed E-state index contributed by atoms with van der Waals surface area (Å²) in [6, 6.07) is -0.757. The molecule has 3 N–H and O–H groups in total. The summed E-state index contributed by atoms with van der Waals surface area (Å²) in [6.45, 7) is 4.97. The van der Waals surface area contributed by atoms with Gasteiger partial charge in [0.2, 0.25) is 5.91 Å². The molecule has 0 aliphatic rings. The molecule has 0 aromatic heterocycles. The lowest BCUT2D eigenvalue weighted by Crippen LogP contribution is -2.46. The lowest BCUT2D eigenvalue weighted by Gasteiger charge is -2.26. The number of phosphoric ester groups is 1. The second kappa shape index (κ2) is 66.9. The van der Waals surface area contributed by atoms with E-state index in [1.54, 1.807) is 0 Å². The predicted octanol–water partition coefficient (Wildman–Crippen LogP) is 24.7. The van der Waals surface area contributed by atoms with Crippen molar-refractivity contribution >= 4 is 13.7 Å². The van der Waals surface area contributed by atoms with Crippen LogP contribution in [0.25, 0.3) is 0 Å². The Morgan fingerprint density at radius 2 is 0.571 bits per heavy atom. The van der Waals surface area contributed by atoms with Gasteiger partial charge in [0.25, 0.3) is 0 Å². The molecule has 8 nitrogen and oxygen atoms in total. The summed E-state index contributed by atoms with van der Waals surface area (Å²) in [4.78, 5) is 23.5. The number of nitrogens with zero attached hydrogens (tertiary/aromatic N) is 1. The van der Waals surface area contributed by atoms with E-state index >= 15 is 0 Å². The Balaban J connectivity index is 3.91. The SMILES string of the molecule is CCCCCCCCCCCCCCCCCCCCCCCCCCCCCCCCCCCCCC(=O)NC(COP(=O)(O)OCC[N+](C)(C)C)C(O)CCCCCCCCCCCCCCCCCCCCCCCCCCCCC. The molecular weight excluding hydrogens is 1060 g/mol. The molecule has 0 spiro atoms. The summed E-state index contributed by atoms with van der Waals surface area (Å²) in [5, 5.41) is 14.2. The van der Waals surface area contributed by atoms with Gasteiger partial charge in [-0.05, 0) is 12.8 Å². The minimum Gasteiger partial charge on any atom is -0.391 e. The van der Waals surface area contributed by atoms with Gasteiger partial charge in [-0.25, -0.2) is 4.57 Å². The van der Waals surface area contributed by atoms with E-state index in [-0.39, 0.29) is 19.1 Å². The van der Waals surface area contributed by atoms with Gasteiger partial charge in [-0.2, -0.15) is 0 Å². The molecule has 0 aromatic rings. The van der Waals surface area contributed by atoms with Crippen LogP contribution < -0.4 is 5.32 Å². The highest BCUT2D eigenvalue weighted by molar-refractivity contribution is 7.47. The van der Waals surface area contributed by atoms with Crippen LogP contribution in [0.3, 0.4) is 0 Å². The van der Waals surface area contributed by atoms with Crippen LogP contribution in [0, 0.1) is 0 Å². The van der Waals surface area contributed by atoms with E-state index in [0.29, 0.717) is 23.9 Å². The maximum atomic E-state index is 13.1. The van der Waals surface area contributed by atoms with Crippen LogP contribution in [0.4, 0.5) is 0 Å². The van der Waals surface area contributed by atoms with Crippen LogP contribution in [0.1, 0.15) is 425 Å². The van der Waals surface area contributed by atoms with Crippen molar-refractivity contribution in [3.63, 3.8) is 0 Å². The fraction of sp³-hybridized carbons (Fsp3) is 0.987. The summed E-state index contributed by atoms with van der Waals surface area (Å²) in [7, 11) is 1.65. The molecule has 3 unspecified atom stereocenters. The number of aliphatic hydroxyl groups is 1. The predicted molar refractivity (Wildman–Crippen MR) is 369 cm³/mol. The fourth-order valence-corrected chi connectivity index (χ4v) is 13.1. The molecule has 1 amide bonds. The number of hydrogen-bond donors (Lipinski definition) is 3. The van der Waals surface area contributed by atoms with Crippen LogP contribution in [0.5, 0.6) is 0 Å². The van der Waals surface area contributed by atoms with Crippen molar-refractivity contribution < 1.29 is 32.9 Å². The molecule has 84 heavy (non-hydrogen) atoms. The third kappa shape index (κ3) is 69.0. The second-order valence-corrected chi connectivity index (χ2v) is 29.6. The van der Waals surface area contributed by atoms with Crippen LogP contribution >= 0.6 is 7.82 Å². The number of carbonyl (C=O) groups excluding carboxylic acids is 1. The van der Waals surface area contributed by atoms with Crippen molar-refractivity contribution in [1.82, 2.24) is 5.32 Å². The monoisotopic (exact) mass is 1210 g/mol. The Hall–Kier alpha value is -0.500. The van der Waals surface area contributed by atoms with Gasteiger partial charge in [0.1, 0.15) is 13.2 Å². The largest absolute Gasteiger partial charge is 0.472 e. The van der Waals surface area contributed by atoms with Gasteiger partial charge >= 0.3 is 7.82 Å². The third-order valence-corrected chi connectivity index (χ3v) is 19.3. The molecule has 0 saturated carbocycles. The Morgan fingerprint density at radius 3 is 0.798 bits per heavy atom. The van der Waals surface area contributed by atoms with Crippen molar-refractivity contribution in [2.45, 2.75) is 437 Å². The molecule has 0 aromatic carbocycles. The minimum absolute atomic E-state index is 0.0796. The lowest BCUT2D eigenvalue weighted by atomic mass is 10.0. The number of carbonyl (C=O) groups is 1. The molecule has 0 bridgehead atoms. The van der Waals surface area contributed by atoms with E-state index in [2.05, 4.69) is 19.2 Å². The van der Waals surface area contributed by atoms with Crippen LogP contribution in [-0.2, 0) is 18.4 Å². The number of nitrogens with one attached hydrogen (secondary N) is 1. The number of amides is 1. The molecular formula is C75H154N2O6P+. The Kier molecular flexibility index (Phi) is 66.5. The number of rotatable bonds is 73. The molecule has 0 fully saturated rings. The van der Waals surface area contributed by atoms with E-state index in [1.807, 2.05) is 21.1 Å². The molecule has 0 heterocycles. The van der Waals surface area contributed by atoms with Gasteiger partial charge in [-0.3, -0.25) is 13.8 Å². The number of aliphatic hydroxyl groups excluding tert-OH is 1. The fourth-order valence-electron chi connectivity index (χ4n) is 12.4. The lowest BCUT2D eigenvalue weighted by molar-refractivity contribution is -0.870. The van der Waals surface area contributed by atoms with E-state index in [9.17, 15) is 19.4 Å². The summed E-state index contributed by atoms with van der Waals surface area (Å²) >= 11 is 0. The zero-order chi connectivity index (χ0) is 61.2. The highest BCUT2D eigenvalue weighted by Gasteiger charge is 2.28. The number of hydrogen-bond acceptors (Lipinski definition) is 5. The molecule has 0 saturated heterocycles. The van der Waals surface area contributed by atoms with E-state index in [0.717, 1.165) is 38.5 Å². The van der Waals surface area contributed by atoms with E-state index in [4.69, 9.17) is 9.05 Å². The molecule has 0 aliphatic carbocycles. The molecule has 9 heteroatoms. The zero-order valence-corrected chi connectivity index (χ0v) is 58.8. The van der Waals surface area contributed by atoms with Crippen molar-refractivity contribution in [2.75, 3.05) is 40.9 Å². The average Bonchev–Trinajstić information content (AvgIpc) is 3.56. The number of unbranched alkanes of at least 4 members (excludes halogenated alkanes) is 60. The summed E-state index contributed by atoms with van der Waals surface area (Å²) in [5.41, 5.74) is 0. The Bertz CT molecular complexity index is 1330. The first kappa shape index (κ1) is 83.5. The Morgan fingerprint density at radius 1 is 0.357 bits per heavy atom. The smallest absolute Gasteiger partial charge is 0.391 e. The van der Waals surface area contributed by atoms with Crippen molar-refractivity contribution in [3.8, 4) is 0 Å². The summed E-state index contributed by atoms with van der Waals surface area (Å²) in [5.74, 6) is -0.132. The van der Waals surface area contributed by atoms with Crippen molar-refractivity contribution in [1.29, 1.82) is 0 Å². The maximum Gasteiger partial charge on any atom is 0.472 e. The first-order valence-electron chi connectivity index (χ1n) is 38.4. The molecule has 0 aliphatic heterocycles. The topological polar surface area (TPSA) is 105 Å². The van der Waals surface area contributed by atoms with Crippen LogP contribution in [0.15, 0.2) is 0 Å². The molecule has 0 radical (unpaired) electrons. The standard InChI is InChI=1S/C75H153N2O6P/c1-6-8-10-12-14-16-18-20-22-24-26-28-30-32-34-35-36-37-38-39-40-41-43-45-47-49-51-53-55-57-59-61-63-65-67-69-75(79)76-73(72-83-84(80,81)82-71-70-77(3,4)5)74(78)68-66-64-62-60-58-56-54-52-50-48-46-44-42-33-31-29-27-25-23-21-19-17-15-13-11-9-7-2/h73-74,78H,6-72H2,1-5H3,(H-,76,79,80,81)/p+1. The highest BCUT2D eigenvalue weighted by Crippen LogP contribution is 2.43. The normalized spacial score (nSPS) is 13.5. The zero-order valence-electron chi connectivity index (χ0n) is 58.0. The van der Waals surface area contributed by atoms with Gasteiger partial charge in [0, 0.05) is 6.42 Å². The van der Waals surface area contributed by atoms with E-state index in [1.165, 1.54) is 360 Å². The third-order valence-electron chi connectivity index (χ3n) is 18.4. The van der Waals surface area contributed by atoms with Gasteiger partial charge < -0.3 is 19.8 Å². The first-order valence-corrected chi connectivity index (χ1v) is 39.9. The second-order valence-electron chi connectivity index (χ2n) is 28.1. The first-order chi connectivity index (χ1) is 41.0. The quantitative estimate of drug-likeness (QED) is 0.0318. The van der Waals surface area contributed by atoms with Gasteiger partial charge in [0.15, 0.2) is 0 Å². The van der Waals surface area contributed by atoms with Crippen molar-refractivity contribution in [2.24, 2.45) is 0 Å². The van der Waals surface area contributed by atoms with Crippen molar-refractivity contribution in [3.05, 3.63) is 0 Å². The number of likely N-dealkylation sites (N-methyl/N-ethyl adjacent to an activating group) is 1. The maximum absolute atomic E-state index is 13.1. The molecule has 504 valence electrons. The average molecular weight is 1210 g/mol. The Labute approximate surface area is 527 Å². The molecule has 0 rings (SSSR count). The van der Waals surface area contributed by atoms with Gasteiger partial charge in [-0.1, -0.05) is 406 Å². The van der Waals surface area contributed by atoms with Gasteiger partial charge in [-0.15, -0.1) is 0 Å². The highest BCUT2D eigenvalue weighted by atomic mass is 31.2. The molecule has 3 atom stereocenters. The number of quaternary nitrogens is 1. The van der Waals surface area contributed by atoms with Gasteiger partial charge in [0.05, 0.1) is 39.9 Å². The minimum atomic E-state index is -4.33. The summed E-state index contributed by atoms with van der Waals surface area (Å²) < 4.78 is 23.9. The number of phosphoric acid groups is 1. The van der Waals surface area contributed by atoms with Crippen LogP contribution in [0.2, 0.25) is 0 Å². The summed E-state index contributed by atoms with van der Waals surface area (Å²) in [6.07, 6.45) is 85.3. The van der Waals surface area contributed by atoms with Crippen LogP contribution in [-0.4, -0.2) is 73.4 Å².